The Morgan fingerprint density at radius 3 is 2.39 bits per heavy atom. The van der Waals surface area contributed by atoms with E-state index in [9.17, 15) is 18.0 Å². The van der Waals surface area contributed by atoms with Crippen LogP contribution < -0.4 is 10.6 Å². The summed E-state index contributed by atoms with van der Waals surface area (Å²) < 4.78 is 42.6. The maximum atomic E-state index is 12.6. The molecule has 6 nitrogen and oxygen atoms in total. The van der Waals surface area contributed by atoms with Crippen molar-refractivity contribution in [2.75, 3.05) is 13.7 Å². The van der Waals surface area contributed by atoms with Crippen LogP contribution in [0.2, 0.25) is 0 Å². The first-order valence-electron chi connectivity index (χ1n) is 8.05. The number of carbonyl (C=O) groups excluding carboxylic acids is 1. The molecule has 0 unspecified atom stereocenters. The number of hydrogen-bond donors (Lipinski definition) is 2. The van der Waals surface area contributed by atoms with Crippen molar-refractivity contribution in [1.29, 1.82) is 0 Å². The molecule has 1 aromatic carbocycles. The molecule has 2 N–H and O–H groups in total. The zero-order valence-electron chi connectivity index (χ0n) is 15.2. The number of aliphatic imine (C=N–C) groups is 1. The van der Waals surface area contributed by atoms with E-state index in [1.54, 1.807) is 38.2 Å². The van der Waals surface area contributed by atoms with E-state index in [0.717, 1.165) is 22.3 Å². The standard InChI is InChI=1S/C17H19F3N4O2S.HI/c1-3-26-15(25)12-6-4-11(5-7-12)8-22-16(21-2)23-9-14-24-13(10-27-14)17(18,19)20;/h4-7,10H,3,8-9H2,1-2H3,(H2,21,22,23);1H. The number of ether oxygens (including phenoxy) is 1. The molecule has 1 aromatic heterocycles. The minimum atomic E-state index is -4.44. The molecule has 2 rings (SSSR count). The van der Waals surface area contributed by atoms with E-state index < -0.39 is 11.9 Å². The molecule has 0 aliphatic heterocycles. The molecule has 0 spiro atoms. The minimum absolute atomic E-state index is 0. The van der Waals surface area contributed by atoms with E-state index in [2.05, 4.69) is 20.6 Å². The SMILES string of the molecule is CCOC(=O)c1ccc(CNC(=NC)NCc2nc(C(F)(F)F)cs2)cc1.I. The van der Waals surface area contributed by atoms with Gasteiger partial charge in [0.25, 0.3) is 0 Å². The predicted octanol–water partition coefficient (Wildman–Crippen LogP) is 3.82. The largest absolute Gasteiger partial charge is 0.462 e. The van der Waals surface area contributed by atoms with Gasteiger partial charge in [-0.05, 0) is 24.6 Å². The minimum Gasteiger partial charge on any atom is -0.462 e. The molecule has 2 aromatic rings. The zero-order chi connectivity index (χ0) is 19.9. The highest BCUT2D eigenvalue weighted by molar-refractivity contribution is 14.0. The van der Waals surface area contributed by atoms with Gasteiger partial charge >= 0.3 is 12.1 Å². The quantitative estimate of drug-likeness (QED) is 0.258. The number of esters is 1. The number of carbonyl (C=O) groups is 1. The number of rotatable bonds is 6. The Hall–Kier alpha value is -1.89. The predicted molar refractivity (Wildman–Crippen MR) is 112 cm³/mol. The second-order valence-electron chi connectivity index (χ2n) is 5.32. The molecule has 0 saturated heterocycles. The maximum absolute atomic E-state index is 12.6. The normalized spacial score (nSPS) is 11.5. The molecule has 0 fully saturated rings. The van der Waals surface area contributed by atoms with Crippen LogP contribution in [0, 0.1) is 0 Å². The van der Waals surface area contributed by atoms with E-state index in [-0.39, 0.29) is 36.5 Å². The van der Waals surface area contributed by atoms with Crippen molar-refractivity contribution in [3.63, 3.8) is 0 Å². The Kier molecular flexibility index (Phi) is 9.65. The van der Waals surface area contributed by atoms with Crippen molar-refractivity contribution in [2.45, 2.75) is 26.2 Å². The summed E-state index contributed by atoms with van der Waals surface area (Å²) in [7, 11) is 1.56. The zero-order valence-corrected chi connectivity index (χ0v) is 18.3. The lowest BCUT2D eigenvalue weighted by molar-refractivity contribution is -0.140. The first-order valence-corrected chi connectivity index (χ1v) is 8.93. The van der Waals surface area contributed by atoms with Crippen LogP contribution in [0.15, 0.2) is 34.6 Å². The van der Waals surface area contributed by atoms with Crippen molar-refractivity contribution in [3.8, 4) is 0 Å². The molecular formula is C17H20F3IN4O2S. The molecule has 0 aliphatic carbocycles. The summed E-state index contributed by atoms with van der Waals surface area (Å²) in [5.74, 6) is 0.0457. The highest BCUT2D eigenvalue weighted by atomic mass is 127. The number of guanidine groups is 1. The van der Waals surface area contributed by atoms with Crippen molar-refractivity contribution < 1.29 is 22.7 Å². The monoisotopic (exact) mass is 528 g/mol. The number of nitrogens with zero attached hydrogens (tertiary/aromatic N) is 2. The third kappa shape index (κ3) is 7.26. The number of hydrogen-bond acceptors (Lipinski definition) is 5. The van der Waals surface area contributed by atoms with Gasteiger partial charge in [0.05, 0.1) is 18.7 Å². The molecule has 0 bridgehead atoms. The summed E-state index contributed by atoms with van der Waals surface area (Å²) in [4.78, 5) is 19.2. The van der Waals surface area contributed by atoms with E-state index >= 15 is 0 Å². The Labute approximate surface area is 181 Å². The lowest BCUT2D eigenvalue weighted by Crippen LogP contribution is -2.36. The molecule has 154 valence electrons. The van der Waals surface area contributed by atoms with Crippen molar-refractivity contribution in [1.82, 2.24) is 15.6 Å². The van der Waals surface area contributed by atoms with Gasteiger partial charge < -0.3 is 15.4 Å². The number of halogens is 4. The molecule has 28 heavy (non-hydrogen) atoms. The smallest absolute Gasteiger partial charge is 0.434 e. The van der Waals surface area contributed by atoms with Crippen LogP contribution in [-0.2, 0) is 24.0 Å². The average molecular weight is 528 g/mol. The van der Waals surface area contributed by atoms with E-state index in [1.165, 1.54) is 0 Å². The van der Waals surface area contributed by atoms with Gasteiger partial charge in [0.1, 0.15) is 5.01 Å². The average Bonchev–Trinajstić information content (AvgIpc) is 3.12. The number of alkyl halides is 3. The summed E-state index contributed by atoms with van der Waals surface area (Å²) >= 11 is 0.931. The van der Waals surface area contributed by atoms with Gasteiger partial charge in [-0.2, -0.15) is 13.2 Å². The summed E-state index contributed by atoms with van der Waals surface area (Å²) in [5.41, 5.74) is 0.473. The van der Waals surface area contributed by atoms with E-state index in [1.807, 2.05) is 0 Å². The third-order valence-electron chi connectivity index (χ3n) is 3.40. The number of thiazole rings is 1. The lowest BCUT2D eigenvalue weighted by atomic mass is 10.1. The van der Waals surface area contributed by atoms with Gasteiger partial charge in [-0.25, -0.2) is 9.78 Å². The summed E-state index contributed by atoms with van der Waals surface area (Å²) in [6, 6.07) is 6.89. The first-order chi connectivity index (χ1) is 12.8. The number of benzene rings is 1. The summed E-state index contributed by atoms with van der Waals surface area (Å²) in [5, 5.41) is 7.25. The van der Waals surface area contributed by atoms with Crippen molar-refractivity contribution in [2.24, 2.45) is 4.99 Å². The van der Waals surface area contributed by atoms with Crippen LogP contribution in [0.1, 0.15) is 33.5 Å². The molecular weight excluding hydrogens is 508 g/mol. The van der Waals surface area contributed by atoms with Crippen LogP contribution >= 0.6 is 35.3 Å². The van der Waals surface area contributed by atoms with Gasteiger partial charge in [0.2, 0.25) is 0 Å². The topological polar surface area (TPSA) is 75.6 Å². The van der Waals surface area contributed by atoms with E-state index in [0.29, 0.717) is 29.7 Å². The lowest BCUT2D eigenvalue weighted by Gasteiger charge is -2.11. The second-order valence-corrected chi connectivity index (χ2v) is 6.26. The van der Waals surface area contributed by atoms with Crippen LogP contribution in [0.4, 0.5) is 13.2 Å². The van der Waals surface area contributed by atoms with Gasteiger partial charge in [0.15, 0.2) is 11.7 Å². The maximum Gasteiger partial charge on any atom is 0.434 e. The molecule has 0 atom stereocenters. The van der Waals surface area contributed by atoms with Crippen LogP contribution in [0.5, 0.6) is 0 Å². The molecule has 0 amide bonds. The Morgan fingerprint density at radius 1 is 1.21 bits per heavy atom. The first kappa shape index (κ1) is 24.1. The molecule has 0 saturated carbocycles. The Bertz CT molecular complexity index is 794. The fraction of sp³-hybridized carbons (Fsp3) is 0.353. The molecule has 0 radical (unpaired) electrons. The van der Waals surface area contributed by atoms with Gasteiger partial charge in [-0.3, -0.25) is 4.99 Å². The Morgan fingerprint density at radius 2 is 1.86 bits per heavy atom. The van der Waals surface area contributed by atoms with Crippen molar-refractivity contribution >= 4 is 47.2 Å². The highest BCUT2D eigenvalue weighted by Crippen LogP contribution is 2.29. The number of aromatic nitrogens is 1. The van der Waals surface area contributed by atoms with Crippen molar-refractivity contribution in [3.05, 3.63) is 51.5 Å². The second kappa shape index (κ2) is 11.2. The fourth-order valence-electron chi connectivity index (χ4n) is 2.06. The summed E-state index contributed by atoms with van der Waals surface area (Å²) in [6.07, 6.45) is -4.44. The molecule has 1 heterocycles. The molecule has 0 aliphatic rings. The van der Waals surface area contributed by atoms with Gasteiger partial charge in [-0.15, -0.1) is 35.3 Å². The Balaban J connectivity index is 0.00000392. The van der Waals surface area contributed by atoms with Crippen LogP contribution in [0.25, 0.3) is 0 Å². The van der Waals surface area contributed by atoms with Crippen LogP contribution in [-0.4, -0.2) is 30.6 Å². The van der Waals surface area contributed by atoms with Gasteiger partial charge in [0, 0.05) is 19.0 Å². The highest BCUT2D eigenvalue weighted by Gasteiger charge is 2.33. The van der Waals surface area contributed by atoms with Crippen LogP contribution in [0.3, 0.4) is 0 Å². The summed E-state index contributed by atoms with van der Waals surface area (Å²) in [6.45, 7) is 2.61. The van der Waals surface area contributed by atoms with E-state index in [4.69, 9.17) is 4.74 Å². The fourth-order valence-corrected chi connectivity index (χ4v) is 2.80. The number of nitrogens with one attached hydrogen (secondary N) is 2. The third-order valence-corrected chi connectivity index (χ3v) is 4.25. The molecule has 11 heteroatoms. The van der Waals surface area contributed by atoms with Gasteiger partial charge in [-0.1, -0.05) is 12.1 Å².